The Hall–Kier alpha value is -0.200. The number of β-amino-alcohol motifs (C(OH)–C–C–N with tert-alkyl or cyclic N) is 1. The molecule has 2 aliphatic rings. The molecule has 1 unspecified atom stereocenters. The normalized spacial score (nSPS) is 27.0. The molecule has 0 aliphatic carbocycles. The topological polar surface area (TPSA) is 59.6 Å². The predicted molar refractivity (Wildman–Crippen MR) is 66.7 cm³/mol. The van der Waals surface area contributed by atoms with Crippen molar-refractivity contribution in [3.05, 3.63) is 0 Å². The fraction of sp³-hybridized carbons (Fsp3) is 1.00. The molecule has 2 aliphatic heterocycles. The molecule has 2 heterocycles. The summed E-state index contributed by atoms with van der Waals surface area (Å²) in [6, 6.07) is 0.584. The standard InChI is InChI=1S/C7H16N2O.C4H10N2/c1-7-6-8-2-3-9(7)4-5-10;1-2-6-4-3-5-1/h7-8,10H,2-6H2,1H3;5-6H,1-4H2. The van der Waals surface area contributed by atoms with Gasteiger partial charge in [0.05, 0.1) is 6.61 Å². The van der Waals surface area contributed by atoms with Crippen LogP contribution in [-0.4, -0.2) is 75.0 Å². The Balaban J connectivity index is 0.000000181. The molecule has 0 aromatic rings. The summed E-state index contributed by atoms with van der Waals surface area (Å²) in [4.78, 5) is 2.30. The van der Waals surface area contributed by atoms with Crippen LogP contribution in [0.1, 0.15) is 6.92 Å². The first-order chi connectivity index (χ1) is 7.84. The third-order valence-electron chi connectivity index (χ3n) is 2.98. The van der Waals surface area contributed by atoms with Gasteiger partial charge in [-0.1, -0.05) is 0 Å². The summed E-state index contributed by atoms with van der Waals surface area (Å²) in [6.07, 6.45) is 0. The highest BCUT2D eigenvalue weighted by Crippen LogP contribution is 1.99. The monoisotopic (exact) mass is 230 g/mol. The molecule has 0 aromatic heterocycles. The molecule has 2 fully saturated rings. The molecule has 0 bridgehead atoms. The Morgan fingerprint density at radius 2 is 1.69 bits per heavy atom. The van der Waals surface area contributed by atoms with Crippen molar-refractivity contribution >= 4 is 0 Å². The third-order valence-corrected chi connectivity index (χ3v) is 2.98. The lowest BCUT2D eigenvalue weighted by molar-refractivity contribution is 0.136. The molecule has 2 rings (SSSR count). The van der Waals surface area contributed by atoms with E-state index >= 15 is 0 Å². The van der Waals surface area contributed by atoms with Gasteiger partial charge in [-0.25, -0.2) is 0 Å². The van der Waals surface area contributed by atoms with Crippen molar-refractivity contribution in [2.24, 2.45) is 0 Å². The van der Waals surface area contributed by atoms with E-state index in [1.807, 2.05) is 0 Å². The van der Waals surface area contributed by atoms with Gasteiger partial charge >= 0.3 is 0 Å². The molecular formula is C11H26N4O. The Kier molecular flexibility index (Phi) is 7.71. The zero-order valence-corrected chi connectivity index (χ0v) is 10.3. The summed E-state index contributed by atoms with van der Waals surface area (Å²) in [7, 11) is 0. The van der Waals surface area contributed by atoms with E-state index in [1.165, 1.54) is 0 Å². The second-order valence-electron chi connectivity index (χ2n) is 4.31. The van der Waals surface area contributed by atoms with E-state index in [0.717, 1.165) is 52.4 Å². The van der Waals surface area contributed by atoms with E-state index in [4.69, 9.17) is 5.11 Å². The highest BCUT2D eigenvalue weighted by atomic mass is 16.3. The van der Waals surface area contributed by atoms with Crippen molar-refractivity contribution in [3.8, 4) is 0 Å². The van der Waals surface area contributed by atoms with Crippen LogP contribution in [0.4, 0.5) is 0 Å². The number of nitrogens with zero attached hydrogens (tertiary/aromatic N) is 1. The van der Waals surface area contributed by atoms with Crippen LogP contribution in [0.25, 0.3) is 0 Å². The Morgan fingerprint density at radius 1 is 1.06 bits per heavy atom. The van der Waals surface area contributed by atoms with E-state index in [1.54, 1.807) is 0 Å². The first-order valence-corrected chi connectivity index (χ1v) is 6.31. The molecule has 16 heavy (non-hydrogen) atoms. The summed E-state index contributed by atoms with van der Waals surface area (Å²) >= 11 is 0. The Labute approximate surface area is 98.6 Å². The molecule has 0 radical (unpaired) electrons. The minimum atomic E-state index is 0.282. The highest BCUT2D eigenvalue weighted by molar-refractivity contribution is 4.75. The fourth-order valence-electron chi connectivity index (χ4n) is 1.95. The van der Waals surface area contributed by atoms with E-state index in [2.05, 4.69) is 27.8 Å². The van der Waals surface area contributed by atoms with E-state index in [0.29, 0.717) is 6.04 Å². The lowest BCUT2D eigenvalue weighted by atomic mass is 10.2. The second-order valence-corrected chi connectivity index (χ2v) is 4.31. The van der Waals surface area contributed by atoms with Gasteiger partial charge < -0.3 is 21.1 Å². The summed E-state index contributed by atoms with van der Waals surface area (Å²) < 4.78 is 0. The maximum absolute atomic E-state index is 8.67. The van der Waals surface area contributed by atoms with Gasteiger partial charge in [-0.15, -0.1) is 0 Å². The van der Waals surface area contributed by atoms with Gasteiger partial charge in [0.2, 0.25) is 0 Å². The third kappa shape index (κ3) is 5.77. The maximum Gasteiger partial charge on any atom is 0.0558 e. The fourth-order valence-corrected chi connectivity index (χ4v) is 1.95. The number of piperazine rings is 2. The minimum absolute atomic E-state index is 0.282. The van der Waals surface area contributed by atoms with E-state index in [9.17, 15) is 0 Å². The molecule has 0 aromatic carbocycles. The number of aliphatic hydroxyl groups excluding tert-OH is 1. The van der Waals surface area contributed by atoms with Crippen molar-refractivity contribution < 1.29 is 5.11 Å². The van der Waals surface area contributed by atoms with Gasteiger partial charge in [0, 0.05) is 58.4 Å². The number of aliphatic hydroxyl groups is 1. The number of rotatable bonds is 2. The van der Waals surface area contributed by atoms with Crippen LogP contribution in [-0.2, 0) is 0 Å². The van der Waals surface area contributed by atoms with Crippen molar-refractivity contribution in [2.75, 3.05) is 59.0 Å². The summed E-state index contributed by atoms with van der Waals surface area (Å²) in [5, 5.41) is 18.4. The van der Waals surface area contributed by atoms with Crippen molar-refractivity contribution in [3.63, 3.8) is 0 Å². The van der Waals surface area contributed by atoms with Gasteiger partial charge in [-0.2, -0.15) is 0 Å². The van der Waals surface area contributed by atoms with E-state index in [-0.39, 0.29) is 6.61 Å². The molecule has 4 N–H and O–H groups in total. The van der Waals surface area contributed by atoms with Crippen molar-refractivity contribution in [1.29, 1.82) is 0 Å². The van der Waals surface area contributed by atoms with Gasteiger partial charge in [0.25, 0.3) is 0 Å². The maximum atomic E-state index is 8.67. The highest BCUT2D eigenvalue weighted by Gasteiger charge is 2.15. The van der Waals surface area contributed by atoms with Crippen LogP contribution in [0.15, 0.2) is 0 Å². The zero-order valence-electron chi connectivity index (χ0n) is 10.3. The van der Waals surface area contributed by atoms with Gasteiger partial charge in [0.15, 0.2) is 0 Å². The van der Waals surface area contributed by atoms with E-state index < -0.39 is 0 Å². The van der Waals surface area contributed by atoms with Crippen LogP contribution < -0.4 is 16.0 Å². The van der Waals surface area contributed by atoms with Gasteiger partial charge in [-0.05, 0) is 6.92 Å². The Bertz CT molecular complexity index is 151. The predicted octanol–water partition coefficient (Wildman–Crippen LogP) is -1.55. The molecule has 5 heteroatoms. The molecule has 2 saturated heterocycles. The molecule has 0 amide bonds. The average molecular weight is 230 g/mol. The lowest BCUT2D eigenvalue weighted by Crippen LogP contribution is -2.50. The number of hydrogen-bond acceptors (Lipinski definition) is 5. The van der Waals surface area contributed by atoms with Crippen molar-refractivity contribution in [2.45, 2.75) is 13.0 Å². The smallest absolute Gasteiger partial charge is 0.0558 e. The second kappa shape index (κ2) is 8.90. The van der Waals surface area contributed by atoms with Crippen molar-refractivity contribution in [1.82, 2.24) is 20.9 Å². The van der Waals surface area contributed by atoms with Crippen LogP contribution >= 0.6 is 0 Å². The van der Waals surface area contributed by atoms with Crippen LogP contribution in [0, 0.1) is 0 Å². The first-order valence-electron chi connectivity index (χ1n) is 6.31. The number of nitrogens with one attached hydrogen (secondary N) is 3. The lowest BCUT2D eigenvalue weighted by Gasteiger charge is -2.33. The van der Waals surface area contributed by atoms with Crippen LogP contribution in [0.5, 0.6) is 0 Å². The largest absolute Gasteiger partial charge is 0.395 e. The van der Waals surface area contributed by atoms with Gasteiger partial charge in [0.1, 0.15) is 0 Å². The number of hydrogen-bond donors (Lipinski definition) is 4. The SMILES string of the molecule is C1CNCCN1.CC1CNCCN1CCO. The molecule has 96 valence electrons. The quantitative estimate of drug-likeness (QED) is 0.463. The average Bonchev–Trinajstić information content (AvgIpc) is 2.35. The Morgan fingerprint density at radius 3 is 2.12 bits per heavy atom. The summed E-state index contributed by atoms with van der Waals surface area (Å²) in [5.74, 6) is 0. The molecule has 1 atom stereocenters. The summed E-state index contributed by atoms with van der Waals surface area (Å²) in [6.45, 7) is 11.0. The van der Waals surface area contributed by atoms with Gasteiger partial charge in [-0.3, -0.25) is 4.90 Å². The molecule has 0 spiro atoms. The summed E-state index contributed by atoms with van der Waals surface area (Å²) in [5.41, 5.74) is 0. The van der Waals surface area contributed by atoms with Crippen LogP contribution in [0.3, 0.4) is 0 Å². The zero-order chi connectivity index (χ0) is 11.6. The molecule has 0 saturated carbocycles. The molecule has 5 nitrogen and oxygen atoms in total. The molecular weight excluding hydrogens is 204 g/mol. The van der Waals surface area contributed by atoms with Crippen LogP contribution in [0.2, 0.25) is 0 Å². The first kappa shape index (κ1) is 13.9. The minimum Gasteiger partial charge on any atom is -0.395 e.